The molecule has 0 aliphatic heterocycles. The Balaban J connectivity index is 2.49. The Kier molecular flexibility index (Phi) is 7.70. The molecular weight excluding hydrogens is 250 g/mol. The normalized spacial score (nSPS) is 11.9. The van der Waals surface area contributed by atoms with Crippen LogP contribution in [0.15, 0.2) is 18.5 Å². The Morgan fingerprint density at radius 2 is 2.10 bits per heavy atom. The number of anilines is 1. The maximum atomic E-state index is 12.3. The number of unbranched alkanes of at least 4 members (excludes halogenated alkanes) is 3. The SMILES string of the molecule is CCCCCCC(C)NC(=O)c1ccncc1NCC. The van der Waals surface area contributed by atoms with E-state index in [2.05, 4.69) is 29.5 Å². The van der Waals surface area contributed by atoms with Gasteiger partial charge in [-0.05, 0) is 26.3 Å². The first kappa shape index (κ1) is 16.5. The van der Waals surface area contributed by atoms with Gasteiger partial charge in [0, 0.05) is 18.8 Å². The molecule has 4 heteroatoms. The van der Waals surface area contributed by atoms with Crippen molar-refractivity contribution in [2.24, 2.45) is 0 Å². The van der Waals surface area contributed by atoms with E-state index in [4.69, 9.17) is 0 Å². The summed E-state index contributed by atoms with van der Waals surface area (Å²) in [6.07, 6.45) is 9.32. The van der Waals surface area contributed by atoms with Crippen LogP contribution in [0.2, 0.25) is 0 Å². The van der Waals surface area contributed by atoms with Gasteiger partial charge < -0.3 is 10.6 Å². The van der Waals surface area contributed by atoms with Gasteiger partial charge in [0.25, 0.3) is 5.91 Å². The molecule has 1 amide bonds. The zero-order valence-corrected chi connectivity index (χ0v) is 12.9. The van der Waals surface area contributed by atoms with Gasteiger partial charge in [-0.1, -0.05) is 32.6 Å². The van der Waals surface area contributed by atoms with Gasteiger partial charge >= 0.3 is 0 Å². The molecule has 0 fully saturated rings. The number of carbonyl (C=O) groups excluding carboxylic acids is 1. The van der Waals surface area contributed by atoms with Crippen molar-refractivity contribution in [3.05, 3.63) is 24.0 Å². The Bertz CT molecular complexity index is 406. The van der Waals surface area contributed by atoms with E-state index >= 15 is 0 Å². The lowest BCUT2D eigenvalue weighted by molar-refractivity contribution is 0.0938. The molecule has 4 nitrogen and oxygen atoms in total. The maximum absolute atomic E-state index is 12.3. The average molecular weight is 277 g/mol. The van der Waals surface area contributed by atoms with Crippen LogP contribution in [0.25, 0.3) is 0 Å². The highest BCUT2D eigenvalue weighted by atomic mass is 16.1. The molecule has 20 heavy (non-hydrogen) atoms. The van der Waals surface area contributed by atoms with Gasteiger partial charge in [-0.25, -0.2) is 0 Å². The second-order valence-corrected chi connectivity index (χ2v) is 5.18. The third-order valence-corrected chi connectivity index (χ3v) is 3.30. The first-order valence-corrected chi connectivity index (χ1v) is 7.67. The Hall–Kier alpha value is -1.58. The highest BCUT2D eigenvalue weighted by Crippen LogP contribution is 2.14. The fraction of sp³-hybridized carbons (Fsp3) is 0.625. The summed E-state index contributed by atoms with van der Waals surface area (Å²) in [6, 6.07) is 1.97. The van der Waals surface area contributed by atoms with Crippen molar-refractivity contribution in [1.29, 1.82) is 0 Å². The summed E-state index contributed by atoms with van der Waals surface area (Å²) in [6.45, 7) is 7.05. The fourth-order valence-electron chi connectivity index (χ4n) is 2.17. The number of aromatic nitrogens is 1. The third-order valence-electron chi connectivity index (χ3n) is 3.30. The maximum Gasteiger partial charge on any atom is 0.253 e. The predicted octanol–water partition coefficient (Wildman–Crippen LogP) is 3.60. The topological polar surface area (TPSA) is 54.0 Å². The third kappa shape index (κ3) is 5.59. The second kappa shape index (κ2) is 9.34. The lowest BCUT2D eigenvalue weighted by Crippen LogP contribution is -2.33. The number of carbonyl (C=O) groups is 1. The van der Waals surface area contributed by atoms with Crippen LogP contribution >= 0.6 is 0 Å². The molecular formula is C16H27N3O. The molecule has 0 aliphatic carbocycles. The van der Waals surface area contributed by atoms with E-state index in [0.717, 1.165) is 18.7 Å². The summed E-state index contributed by atoms with van der Waals surface area (Å²) in [4.78, 5) is 16.3. The van der Waals surface area contributed by atoms with Crippen LogP contribution in [-0.4, -0.2) is 23.5 Å². The number of pyridine rings is 1. The smallest absolute Gasteiger partial charge is 0.253 e. The summed E-state index contributed by atoms with van der Waals surface area (Å²) in [5.74, 6) is -0.0219. The van der Waals surface area contributed by atoms with Crippen LogP contribution in [0.3, 0.4) is 0 Å². The molecule has 0 saturated heterocycles. The molecule has 2 N–H and O–H groups in total. The average Bonchev–Trinajstić information content (AvgIpc) is 2.44. The molecule has 0 saturated carbocycles. The van der Waals surface area contributed by atoms with E-state index in [0.29, 0.717) is 5.56 Å². The minimum Gasteiger partial charge on any atom is -0.383 e. The van der Waals surface area contributed by atoms with Crippen molar-refractivity contribution in [2.75, 3.05) is 11.9 Å². The lowest BCUT2D eigenvalue weighted by atomic mass is 10.1. The van der Waals surface area contributed by atoms with Crippen molar-refractivity contribution < 1.29 is 4.79 Å². The van der Waals surface area contributed by atoms with Crippen LogP contribution in [0.5, 0.6) is 0 Å². The highest BCUT2D eigenvalue weighted by Gasteiger charge is 2.13. The van der Waals surface area contributed by atoms with Gasteiger partial charge in [-0.15, -0.1) is 0 Å². The molecule has 0 aliphatic rings. The van der Waals surface area contributed by atoms with Crippen LogP contribution in [-0.2, 0) is 0 Å². The van der Waals surface area contributed by atoms with Crippen molar-refractivity contribution >= 4 is 11.6 Å². The zero-order valence-electron chi connectivity index (χ0n) is 12.9. The molecule has 1 aromatic heterocycles. The van der Waals surface area contributed by atoms with E-state index in [9.17, 15) is 4.79 Å². The lowest BCUT2D eigenvalue weighted by Gasteiger charge is -2.15. The van der Waals surface area contributed by atoms with Gasteiger partial charge in [-0.3, -0.25) is 9.78 Å². The van der Waals surface area contributed by atoms with E-state index < -0.39 is 0 Å². The summed E-state index contributed by atoms with van der Waals surface area (Å²) >= 11 is 0. The van der Waals surface area contributed by atoms with Crippen LogP contribution in [0, 0.1) is 0 Å². The second-order valence-electron chi connectivity index (χ2n) is 5.18. The van der Waals surface area contributed by atoms with Gasteiger partial charge in [0.05, 0.1) is 17.4 Å². The standard InChI is InChI=1S/C16H27N3O/c1-4-6-7-8-9-13(3)19-16(20)14-10-11-17-12-15(14)18-5-2/h10-13,18H,4-9H2,1-3H3,(H,19,20). The molecule has 1 heterocycles. The number of rotatable bonds is 9. The molecule has 1 aromatic rings. The minimum atomic E-state index is -0.0219. The zero-order chi connectivity index (χ0) is 14.8. The molecule has 1 unspecified atom stereocenters. The highest BCUT2D eigenvalue weighted by molar-refractivity contribution is 5.99. The van der Waals surface area contributed by atoms with Gasteiger partial charge in [0.15, 0.2) is 0 Å². The summed E-state index contributed by atoms with van der Waals surface area (Å²) < 4.78 is 0. The van der Waals surface area contributed by atoms with Crippen molar-refractivity contribution in [3.8, 4) is 0 Å². The largest absolute Gasteiger partial charge is 0.383 e. The molecule has 0 aromatic carbocycles. The quantitative estimate of drug-likeness (QED) is 0.678. The number of nitrogens with zero attached hydrogens (tertiary/aromatic N) is 1. The van der Waals surface area contributed by atoms with E-state index in [1.54, 1.807) is 18.5 Å². The van der Waals surface area contributed by atoms with Crippen molar-refractivity contribution in [3.63, 3.8) is 0 Å². The molecule has 112 valence electrons. The fourth-order valence-corrected chi connectivity index (χ4v) is 2.17. The Labute approximate surface area is 122 Å². The number of hydrogen-bond acceptors (Lipinski definition) is 3. The van der Waals surface area contributed by atoms with E-state index in [1.807, 2.05) is 6.92 Å². The van der Waals surface area contributed by atoms with E-state index in [-0.39, 0.29) is 11.9 Å². The Morgan fingerprint density at radius 1 is 1.30 bits per heavy atom. The first-order chi connectivity index (χ1) is 9.69. The summed E-state index contributed by atoms with van der Waals surface area (Å²) in [5, 5.41) is 6.23. The minimum absolute atomic E-state index is 0.0219. The van der Waals surface area contributed by atoms with Crippen LogP contribution in [0.4, 0.5) is 5.69 Å². The molecule has 0 bridgehead atoms. The number of nitrogens with one attached hydrogen (secondary N) is 2. The van der Waals surface area contributed by atoms with Crippen LogP contribution in [0.1, 0.15) is 63.2 Å². The number of hydrogen-bond donors (Lipinski definition) is 2. The van der Waals surface area contributed by atoms with Crippen LogP contribution < -0.4 is 10.6 Å². The molecule has 0 radical (unpaired) electrons. The first-order valence-electron chi connectivity index (χ1n) is 7.67. The van der Waals surface area contributed by atoms with Gasteiger partial charge in [0.2, 0.25) is 0 Å². The van der Waals surface area contributed by atoms with Crippen molar-refractivity contribution in [1.82, 2.24) is 10.3 Å². The van der Waals surface area contributed by atoms with Crippen molar-refractivity contribution in [2.45, 2.75) is 58.9 Å². The summed E-state index contributed by atoms with van der Waals surface area (Å²) in [5.41, 5.74) is 1.47. The molecule has 0 spiro atoms. The monoisotopic (exact) mass is 277 g/mol. The van der Waals surface area contributed by atoms with E-state index in [1.165, 1.54) is 25.7 Å². The number of amides is 1. The van der Waals surface area contributed by atoms with Gasteiger partial charge in [0.1, 0.15) is 0 Å². The molecule has 1 rings (SSSR count). The Morgan fingerprint density at radius 3 is 2.80 bits per heavy atom. The summed E-state index contributed by atoms with van der Waals surface area (Å²) in [7, 11) is 0. The predicted molar refractivity (Wildman–Crippen MR) is 84.1 cm³/mol. The molecule has 1 atom stereocenters. The van der Waals surface area contributed by atoms with Gasteiger partial charge in [-0.2, -0.15) is 0 Å².